The Labute approximate surface area is 154 Å². The van der Waals surface area contributed by atoms with Gasteiger partial charge in [0.05, 0.1) is 18.2 Å². The molecule has 0 unspecified atom stereocenters. The third-order valence-corrected chi connectivity index (χ3v) is 4.64. The molecule has 0 aliphatic heterocycles. The van der Waals surface area contributed by atoms with Crippen molar-refractivity contribution in [1.29, 1.82) is 0 Å². The van der Waals surface area contributed by atoms with Crippen molar-refractivity contribution < 1.29 is 18.7 Å². The predicted molar refractivity (Wildman–Crippen MR) is 98.4 cm³/mol. The van der Waals surface area contributed by atoms with E-state index >= 15 is 0 Å². The second kappa shape index (κ2) is 7.57. The molecule has 0 radical (unpaired) electrons. The van der Waals surface area contributed by atoms with Gasteiger partial charge in [0.25, 0.3) is 5.91 Å². The van der Waals surface area contributed by atoms with Gasteiger partial charge in [0, 0.05) is 11.1 Å². The monoisotopic (exact) mass is 371 g/mol. The van der Waals surface area contributed by atoms with Crippen LogP contribution in [0.4, 0.5) is 5.82 Å². The first kappa shape index (κ1) is 17.9. The lowest BCUT2D eigenvalue weighted by Crippen LogP contribution is -2.14. The van der Waals surface area contributed by atoms with Gasteiger partial charge >= 0.3 is 5.97 Å². The number of amides is 1. The number of ether oxygens (including phenoxy) is 1. The number of anilines is 1. The van der Waals surface area contributed by atoms with Gasteiger partial charge < -0.3 is 14.5 Å². The number of carbonyl (C=O) groups is 2. The second-order valence-corrected chi connectivity index (χ2v) is 6.45. The highest BCUT2D eigenvalue weighted by Crippen LogP contribution is 2.31. The summed E-state index contributed by atoms with van der Waals surface area (Å²) in [6.45, 7) is 3.70. The van der Waals surface area contributed by atoms with Gasteiger partial charge in [-0.1, -0.05) is 30.0 Å². The van der Waals surface area contributed by atoms with Crippen molar-refractivity contribution in [2.75, 3.05) is 18.2 Å². The quantitative estimate of drug-likeness (QED) is 0.417. The molecule has 0 bridgehead atoms. The van der Waals surface area contributed by atoms with E-state index in [1.54, 1.807) is 24.3 Å². The molecule has 0 spiro atoms. The van der Waals surface area contributed by atoms with Crippen LogP contribution >= 0.6 is 11.8 Å². The first-order valence-electron chi connectivity index (χ1n) is 7.83. The van der Waals surface area contributed by atoms with E-state index in [2.05, 4.69) is 20.0 Å². The van der Waals surface area contributed by atoms with Gasteiger partial charge in [-0.3, -0.25) is 9.59 Å². The molecular formula is C18H17N3O4S. The van der Waals surface area contributed by atoms with Crippen LogP contribution in [0.1, 0.15) is 21.7 Å². The average Bonchev–Trinajstić information content (AvgIpc) is 2.94. The van der Waals surface area contributed by atoms with E-state index < -0.39 is 0 Å². The van der Waals surface area contributed by atoms with E-state index in [-0.39, 0.29) is 17.6 Å². The molecular weight excluding hydrogens is 354 g/mol. The van der Waals surface area contributed by atoms with Crippen molar-refractivity contribution in [3.63, 3.8) is 0 Å². The molecule has 1 amide bonds. The molecule has 8 heteroatoms. The van der Waals surface area contributed by atoms with E-state index in [4.69, 9.17) is 4.42 Å². The number of fused-ring (bicyclic) bond motifs is 1. The Morgan fingerprint density at radius 2 is 1.92 bits per heavy atom. The van der Waals surface area contributed by atoms with Crippen LogP contribution in [-0.2, 0) is 9.53 Å². The highest BCUT2D eigenvalue weighted by Gasteiger charge is 2.19. The Kier molecular flexibility index (Phi) is 5.22. The molecule has 2 heterocycles. The summed E-state index contributed by atoms with van der Waals surface area (Å²) in [5, 5.41) is 3.78. The Balaban J connectivity index is 1.98. The van der Waals surface area contributed by atoms with Crippen LogP contribution in [0, 0.1) is 13.8 Å². The summed E-state index contributed by atoms with van der Waals surface area (Å²) in [5.41, 5.74) is 1.74. The number of benzene rings is 1. The van der Waals surface area contributed by atoms with Crippen LogP contribution in [0.25, 0.3) is 11.1 Å². The van der Waals surface area contributed by atoms with E-state index in [9.17, 15) is 9.59 Å². The maximum absolute atomic E-state index is 12.5. The average molecular weight is 371 g/mol. The Morgan fingerprint density at radius 1 is 1.19 bits per heavy atom. The minimum Gasteiger partial charge on any atom is -0.468 e. The van der Waals surface area contributed by atoms with Crippen molar-refractivity contribution in [2.45, 2.75) is 19.0 Å². The fourth-order valence-corrected chi connectivity index (χ4v) is 3.00. The fraction of sp³-hybridized carbons (Fsp3) is 0.222. The number of nitrogens with one attached hydrogen (secondary N) is 1. The standard InChI is InChI=1S/C18H17N3O4S/c1-10-11(2)25-17-14(10)15(19-16(23)12-7-5-4-6-8-12)20-18(21-17)26-9-13(22)24-3/h4-8H,9H2,1-3H3,(H,19,20,21,23). The number of hydrogen-bond donors (Lipinski definition) is 1. The number of hydrogen-bond acceptors (Lipinski definition) is 7. The number of nitrogens with zero attached hydrogens (tertiary/aromatic N) is 2. The molecule has 134 valence electrons. The summed E-state index contributed by atoms with van der Waals surface area (Å²) in [4.78, 5) is 32.6. The van der Waals surface area contributed by atoms with Crippen molar-refractivity contribution in [3.8, 4) is 0 Å². The van der Waals surface area contributed by atoms with Crippen LogP contribution in [0.15, 0.2) is 39.9 Å². The van der Waals surface area contributed by atoms with Gasteiger partial charge in [0.1, 0.15) is 11.6 Å². The summed E-state index contributed by atoms with van der Waals surface area (Å²) in [6.07, 6.45) is 0. The maximum atomic E-state index is 12.5. The number of esters is 1. The van der Waals surface area contributed by atoms with Crippen LogP contribution < -0.4 is 5.32 Å². The van der Waals surface area contributed by atoms with Gasteiger partial charge in [0.2, 0.25) is 5.71 Å². The third kappa shape index (κ3) is 3.70. The van der Waals surface area contributed by atoms with Gasteiger partial charge in [-0.05, 0) is 26.0 Å². The van der Waals surface area contributed by atoms with Crippen molar-refractivity contribution in [3.05, 3.63) is 47.2 Å². The van der Waals surface area contributed by atoms with Crippen LogP contribution in [0.2, 0.25) is 0 Å². The smallest absolute Gasteiger partial charge is 0.316 e. The molecule has 0 fully saturated rings. The zero-order valence-corrected chi connectivity index (χ0v) is 15.3. The van der Waals surface area contributed by atoms with Gasteiger partial charge in [0.15, 0.2) is 5.16 Å². The largest absolute Gasteiger partial charge is 0.468 e. The van der Waals surface area contributed by atoms with Gasteiger partial charge in [-0.25, -0.2) is 4.98 Å². The normalized spacial score (nSPS) is 10.7. The molecule has 0 aliphatic rings. The molecule has 0 saturated carbocycles. The first-order valence-corrected chi connectivity index (χ1v) is 8.82. The molecule has 2 aromatic heterocycles. The van der Waals surface area contributed by atoms with Crippen LogP contribution in [-0.4, -0.2) is 34.7 Å². The molecule has 26 heavy (non-hydrogen) atoms. The first-order chi connectivity index (χ1) is 12.5. The SMILES string of the molecule is COC(=O)CSc1nc(NC(=O)c2ccccc2)c2c(C)c(C)oc2n1. The molecule has 7 nitrogen and oxygen atoms in total. The highest BCUT2D eigenvalue weighted by atomic mass is 32.2. The van der Waals surface area contributed by atoms with E-state index in [1.807, 2.05) is 19.9 Å². The zero-order chi connectivity index (χ0) is 18.7. The third-order valence-electron chi connectivity index (χ3n) is 3.82. The van der Waals surface area contributed by atoms with Crippen LogP contribution in [0.3, 0.4) is 0 Å². The number of aryl methyl sites for hydroxylation is 2. The number of furan rings is 1. The Bertz CT molecular complexity index is 969. The summed E-state index contributed by atoms with van der Waals surface area (Å²) in [7, 11) is 1.32. The molecule has 1 aromatic carbocycles. The maximum Gasteiger partial charge on any atom is 0.316 e. The summed E-state index contributed by atoms with van der Waals surface area (Å²) >= 11 is 1.11. The van der Waals surface area contributed by atoms with Gasteiger partial charge in [-0.2, -0.15) is 4.98 Å². The highest BCUT2D eigenvalue weighted by molar-refractivity contribution is 7.99. The number of methoxy groups -OCH3 is 1. The Morgan fingerprint density at radius 3 is 2.62 bits per heavy atom. The summed E-state index contributed by atoms with van der Waals surface area (Å²) in [5.74, 6) is 0.436. The fourth-order valence-electron chi connectivity index (χ4n) is 2.34. The van der Waals surface area contributed by atoms with Crippen molar-refractivity contribution in [1.82, 2.24) is 9.97 Å². The number of thioether (sulfide) groups is 1. The summed E-state index contributed by atoms with van der Waals surface area (Å²) in [6, 6.07) is 8.85. The lowest BCUT2D eigenvalue weighted by molar-refractivity contribution is -0.137. The minimum absolute atomic E-state index is 0.0623. The number of aromatic nitrogens is 2. The number of carbonyl (C=O) groups excluding carboxylic acids is 2. The molecule has 0 aliphatic carbocycles. The van der Waals surface area contributed by atoms with Gasteiger partial charge in [-0.15, -0.1) is 0 Å². The lowest BCUT2D eigenvalue weighted by atomic mass is 10.2. The molecule has 0 saturated heterocycles. The van der Waals surface area contributed by atoms with Crippen molar-refractivity contribution in [2.24, 2.45) is 0 Å². The van der Waals surface area contributed by atoms with Crippen LogP contribution in [0.5, 0.6) is 0 Å². The topological polar surface area (TPSA) is 94.3 Å². The van der Waals surface area contributed by atoms with E-state index in [0.29, 0.717) is 33.4 Å². The number of rotatable bonds is 5. The lowest BCUT2D eigenvalue weighted by Gasteiger charge is -2.08. The predicted octanol–water partition coefficient (Wildman–Crippen LogP) is 3.36. The van der Waals surface area contributed by atoms with E-state index in [0.717, 1.165) is 17.3 Å². The minimum atomic E-state index is -0.389. The molecule has 0 atom stereocenters. The molecule has 3 rings (SSSR count). The van der Waals surface area contributed by atoms with Crippen molar-refractivity contribution >= 4 is 40.6 Å². The second-order valence-electron chi connectivity index (χ2n) is 5.50. The zero-order valence-electron chi connectivity index (χ0n) is 14.5. The Hall–Kier alpha value is -2.87. The van der Waals surface area contributed by atoms with E-state index in [1.165, 1.54) is 7.11 Å². The molecule has 1 N–H and O–H groups in total. The summed E-state index contributed by atoms with van der Waals surface area (Å²) < 4.78 is 10.3. The molecule has 3 aromatic rings.